The lowest BCUT2D eigenvalue weighted by Gasteiger charge is -2.19. The van der Waals surface area contributed by atoms with Gasteiger partial charge in [-0.1, -0.05) is 19.8 Å². The molecule has 1 heterocycles. The molecule has 0 saturated carbocycles. The Hall–Kier alpha value is -0.940. The number of hydrogen-bond donors (Lipinski definition) is 2. The van der Waals surface area contributed by atoms with E-state index in [1.807, 2.05) is 6.92 Å². The number of hydrogen-bond acceptors (Lipinski definition) is 4. The van der Waals surface area contributed by atoms with Crippen LogP contribution in [0.3, 0.4) is 0 Å². The second kappa shape index (κ2) is 6.48. The van der Waals surface area contributed by atoms with Crippen LogP contribution in [0.4, 0.5) is 5.13 Å². The Morgan fingerprint density at radius 3 is 3.11 bits per heavy atom. The van der Waals surface area contributed by atoms with Crippen LogP contribution in [0.1, 0.15) is 50.1 Å². The van der Waals surface area contributed by atoms with Crippen LogP contribution in [-0.2, 0) is 17.6 Å². The third-order valence-corrected chi connectivity index (χ3v) is 4.53. The topological polar surface area (TPSA) is 68.0 Å². The molecule has 1 aromatic heterocycles. The fraction of sp³-hybridized carbons (Fsp3) is 0.714. The van der Waals surface area contributed by atoms with Gasteiger partial charge in [-0.15, -0.1) is 11.3 Å². The Morgan fingerprint density at radius 2 is 2.42 bits per heavy atom. The SMILES string of the molecule is CCCC1CCc2nc(NC(=O)CC(C)N)sc2C1. The molecular formula is C14H23N3OS. The van der Waals surface area contributed by atoms with E-state index in [0.29, 0.717) is 6.42 Å². The maximum Gasteiger partial charge on any atom is 0.227 e. The van der Waals surface area contributed by atoms with E-state index in [2.05, 4.69) is 17.2 Å². The standard InChI is InChI=1S/C14H23N3OS/c1-3-4-10-5-6-11-12(8-10)19-14(16-11)17-13(18)7-9(2)15/h9-10H,3-8,15H2,1-2H3,(H,16,17,18). The van der Waals surface area contributed by atoms with E-state index in [0.717, 1.165) is 23.9 Å². The predicted octanol–water partition coefficient (Wildman–Crippen LogP) is 2.72. The van der Waals surface area contributed by atoms with Crippen molar-refractivity contribution in [1.29, 1.82) is 0 Å². The minimum atomic E-state index is -0.108. The summed E-state index contributed by atoms with van der Waals surface area (Å²) >= 11 is 1.64. The second-order valence-corrected chi connectivity index (χ2v) is 6.60. The van der Waals surface area contributed by atoms with Crippen molar-refractivity contribution in [3.05, 3.63) is 10.6 Å². The minimum absolute atomic E-state index is 0.0359. The smallest absolute Gasteiger partial charge is 0.227 e. The van der Waals surface area contributed by atoms with E-state index in [-0.39, 0.29) is 11.9 Å². The molecule has 2 atom stereocenters. The molecule has 1 aliphatic rings. The zero-order chi connectivity index (χ0) is 13.8. The van der Waals surface area contributed by atoms with Crippen molar-refractivity contribution in [2.75, 3.05) is 5.32 Å². The molecule has 4 nitrogen and oxygen atoms in total. The summed E-state index contributed by atoms with van der Waals surface area (Å²) in [5.41, 5.74) is 6.81. The zero-order valence-electron chi connectivity index (χ0n) is 11.7. The van der Waals surface area contributed by atoms with Crippen LogP contribution in [0.2, 0.25) is 0 Å². The van der Waals surface area contributed by atoms with Gasteiger partial charge in [0.15, 0.2) is 5.13 Å². The molecular weight excluding hydrogens is 258 g/mol. The summed E-state index contributed by atoms with van der Waals surface area (Å²) in [6.45, 7) is 4.07. The molecule has 0 bridgehead atoms. The molecule has 0 radical (unpaired) electrons. The van der Waals surface area contributed by atoms with Crippen molar-refractivity contribution in [3.63, 3.8) is 0 Å². The first kappa shape index (κ1) is 14.5. The van der Waals surface area contributed by atoms with E-state index in [4.69, 9.17) is 5.73 Å². The van der Waals surface area contributed by atoms with Crippen molar-refractivity contribution >= 4 is 22.4 Å². The van der Waals surface area contributed by atoms with Gasteiger partial charge in [-0.25, -0.2) is 4.98 Å². The number of aryl methyl sites for hydroxylation is 1. The number of nitrogens with zero attached hydrogens (tertiary/aromatic N) is 1. The molecule has 1 aliphatic carbocycles. The van der Waals surface area contributed by atoms with Crippen LogP contribution in [0, 0.1) is 5.92 Å². The largest absolute Gasteiger partial charge is 0.327 e. The Balaban J connectivity index is 1.97. The summed E-state index contributed by atoms with van der Waals surface area (Å²) in [5.74, 6) is 0.761. The van der Waals surface area contributed by atoms with Crippen molar-refractivity contribution in [3.8, 4) is 0 Å². The molecule has 0 fully saturated rings. The highest BCUT2D eigenvalue weighted by atomic mass is 32.1. The minimum Gasteiger partial charge on any atom is -0.327 e. The van der Waals surface area contributed by atoms with E-state index in [9.17, 15) is 4.79 Å². The summed E-state index contributed by atoms with van der Waals surface area (Å²) in [7, 11) is 0. The number of thiazole rings is 1. The van der Waals surface area contributed by atoms with Gasteiger partial charge in [-0.2, -0.15) is 0 Å². The van der Waals surface area contributed by atoms with Gasteiger partial charge in [0.25, 0.3) is 0 Å². The second-order valence-electron chi connectivity index (χ2n) is 5.52. The van der Waals surface area contributed by atoms with Crippen LogP contribution < -0.4 is 11.1 Å². The van der Waals surface area contributed by atoms with E-state index >= 15 is 0 Å². The third kappa shape index (κ3) is 4.01. The highest BCUT2D eigenvalue weighted by Gasteiger charge is 2.22. The van der Waals surface area contributed by atoms with E-state index in [1.165, 1.54) is 29.8 Å². The summed E-state index contributed by atoms with van der Waals surface area (Å²) in [4.78, 5) is 17.6. The summed E-state index contributed by atoms with van der Waals surface area (Å²) in [6, 6.07) is -0.108. The number of amides is 1. The Labute approximate surface area is 118 Å². The van der Waals surface area contributed by atoms with Crippen LogP contribution >= 0.6 is 11.3 Å². The van der Waals surface area contributed by atoms with Gasteiger partial charge in [-0.3, -0.25) is 4.79 Å². The number of nitrogens with two attached hydrogens (primary N) is 1. The van der Waals surface area contributed by atoms with Crippen LogP contribution in [0.15, 0.2) is 0 Å². The Morgan fingerprint density at radius 1 is 1.63 bits per heavy atom. The molecule has 5 heteroatoms. The number of rotatable bonds is 5. The molecule has 19 heavy (non-hydrogen) atoms. The highest BCUT2D eigenvalue weighted by molar-refractivity contribution is 7.15. The molecule has 0 spiro atoms. The van der Waals surface area contributed by atoms with Crippen molar-refractivity contribution in [2.24, 2.45) is 11.7 Å². The highest BCUT2D eigenvalue weighted by Crippen LogP contribution is 2.34. The number of aromatic nitrogens is 1. The van der Waals surface area contributed by atoms with Gasteiger partial charge in [0.1, 0.15) is 0 Å². The van der Waals surface area contributed by atoms with Gasteiger partial charge < -0.3 is 11.1 Å². The lowest BCUT2D eigenvalue weighted by Crippen LogP contribution is -2.23. The van der Waals surface area contributed by atoms with Gasteiger partial charge in [0.2, 0.25) is 5.91 Å². The number of anilines is 1. The quantitative estimate of drug-likeness (QED) is 0.872. The van der Waals surface area contributed by atoms with E-state index in [1.54, 1.807) is 11.3 Å². The van der Waals surface area contributed by atoms with Crippen molar-refractivity contribution in [1.82, 2.24) is 4.98 Å². The first-order chi connectivity index (χ1) is 9.08. The summed E-state index contributed by atoms with van der Waals surface area (Å²) < 4.78 is 0. The Kier molecular flexibility index (Phi) is 4.93. The maximum atomic E-state index is 11.7. The van der Waals surface area contributed by atoms with Crippen LogP contribution in [0.25, 0.3) is 0 Å². The monoisotopic (exact) mass is 281 g/mol. The first-order valence-electron chi connectivity index (χ1n) is 7.12. The predicted molar refractivity (Wildman–Crippen MR) is 79.4 cm³/mol. The zero-order valence-corrected chi connectivity index (χ0v) is 12.6. The maximum absolute atomic E-state index is 11.7. The van der Waals surface area contributed by atoms with Crippen LogP contribution in [0.5, 0.6) is 0 Å². The van der Waals surface area contributed by atoms with Crippen LogP contribution in [-0.4, -0.2) is 16.9 Å². The van der Waals surface area contributed by atoms with Crippen molar-refractivity contribution < 1.29 is 4.79 Å². The average molecular weight is 281 g/mol. The normalized spacial score (nSPS) is 19.8. The molecule has 3 N–H and O–H groups in total. The van der Waals surface area contributed by atoms with Gasteiger partial charge in [-0.05, 0) is 32.1 Å². The first-order valence-corrected chi connectivity index (χ1v) is 7.94. The van der Waals surface area contributed by atoms with Gasteiger partial charge in [0, 0.05) is 17.3 Å². The number of nitrogens with one attached hydrogen (secondary N) is 1. The lowest BCUT2D eigenvalue weighted by molar-refractivity contribution is -0.116. The molecule has 1 amide bonds. The number of fused-ring (bicyclic) bond motifs is 1. The van der Waals surface area contributed by atoms with Crippen molar-refractivity contribution in [2.45, 2.75) is 58.4 Å². The number of carbonyl (C=O) groups excluding carboxylic acids is 1. The summed E-state index contributed by atoms with van der Waals surface area (Å²) in [5, 5.41) is 3.61. The molecule has 106 valence electrons. The fourth-order valence-electron chi connectivity index (χ4n) is 2.61. The molecule has 0 aromatic carbocycles. The summed E-state index contributed by atoms with van der Waals surface area (Å²) in [6.07, 6.45) is 6.31. The molecule has 0 saturated heterocycles. The Bertz CT molecular complexity index is 442. The van der Waals surface area contributed by atoms with E-state index < -0.39 is 0 Å². The molecule has 0 aliphatic heterocycles. The lowest BCUT2D eigenvalue weighted by atomic mass is 9.88. The molecule has 2 unspecified atom stereocenters. The fourth-order valence-corrected chi connectivity index (χ4v) is 3.75. The van der Waals surface area contributed by atoms with Gasteiger partial charge >= 0.3 is 0 Å². The molecule has 1 aromatic rings. The average Bonchev–Trinajstić information content (AvgIpc) is 2.69. The molecule has 2 rings (SSSR count). The number of carbonyl (C=O) groups is 1. The third-order valence-electron chi connectivity index (χ3n) is 3.49. The van der Waals surface area contributed by atoms with Gasteiger partial charge in [0.05, 0.1) is 5.69 Å².